The highest BCUT2D eigenvalue weighted by Gasteiger charge is 2.13. The minimum Gasteiger partial charge on any atom is -0.304 e. The van der Waals surface area contributed by atoms with Crippen molar-refractivity contribution in [1.82, 2.24) is 15.2 Å². The number of nitrogens with zero attached hydrogens (tertiary/aromatic N) is 2. The molecule has 17 heavy (non-hydrogen) atoms. The molecule has 0 spiro atoms. The number of carbonyl (C=O) groups is 1. The van der Waals surface area contributed by atoms with Gasteiger partial charge in [-0.05, 0) is 13.3 Å². The van der Waals surface area contributed by atoms with Crippen LogP contribution in [0.25, 0.3) is 0 Å². The minimum absolute atomic E-state index is 0.153. The van der Waals surface area contributed by atoms with Crippen LogP contribution < -0.4 is 5.32 Å². The molecule has 2 heterocycles. The van der Waals surface area contributed by atoms with Crippen LogP contribution in [0.3, 0.4) is 0 Å². The van der Waals surface area contributed by atoms with E-state index in [-0.39, 0.29) is 5.91 Å². The summed E-state index contributed by atoms with van der Waals surface area (Å²) in [7, 11) is 0. The van der Waals surface area contributed by atoms with Gasteiger partial charge in [-0.2, -0.15) is 5.10 Å². The van der Waals surface area contributed by atoms with Gasteiger partial charge in [0.05, 0.1) is 11.2 Å². The van der Waals surface area contributed by atoms with Crippen molar-refractivity contribution in [1.29, 1.82) is 0 Å². The Labute approximate surface area is 103 Å². The van der Waals surface area contributed by atoms with Crippen LogP contribution in [-0.4, -0.2) is 21.1 Å². The molecule has 0 saturated heterocycles. The van der Waals surface area contributed by atoms with Gasteiger partial charge >= 0.3 is 0 Å². The maximum atomic E-state index is 11.9. The summed E-state index contributed by atoms with van der Waals surface area (Å²) in [6, 6.07) is 1.86. The zero-order chi connectivity index (χ0) is 12.3. The van der Waals surface area contributed by atoms with E-state index in [9.17, 15) is 4.79 Å². The molecule has 0 fully saturated rings. The van der Waals surface area contributed by atoms with E-state index in [4.69, 9.17) is 0 Å². The molecule has 2 aromatic heterocycles. The lowest BCUT2D eigenvalue weighted by atomic mass is 10.2. The molecule has 0 aliphatic heterocycles. The summed E-state index contributed by atoms with van der Waals surface area (Å²) in [5.41, 5.74) is 3.44. The molecule has 0 atom stereocenters. The molecule has 2 rings (SSSR count). The second kappa shape index (κ2) is 5.09. The molecule has 1 amide bonds. The van der Waals surface area contributed by atoms with Crippen LogP contribution >= 0.6 is 11.3 Å². The number of rotatable bonds is 4. The van der Waals surface area contributed by atoms with Crippen LogP contribution in [0.4, 0.5) is 5.82 Å². The second-order valence-corrected chi connectivity index (χ2v) is 4.60. The molecular weight excluding hydrogens is 236 g/mol. The lowest BCUT2D eigenvalue weighted by Gasteiger charge is -1.98. The molecule has 0 saturated carbocycles. The Morgan fingerprint density at radius 3 is 3.06 bits per heavy atom. The molecule has 0 aliphatic rings. The lowest BCUT2D eigenvalue weighted by molar-refractivity contribution is 0.102. The molecule has 0 bridgehead atoms. The second-order valence-electron chi connectivity index (χ2n) is 3.75. The fourth-order valence-electron chi connectivity index (χ4n) is 1.52. The van der Waals surface area contributed by atoms with Crippen molar-refractivity contribution >= 4 is 23.1 Å². The molecule has 2 N–H and O–H groups in total. The smallest absolute Gasteiger partial charge is 0.268 e. The van der Waals surface area contributed by atoms with E-state index in [1.165, 1.54) is 11.3 Å². The summed E-state index contributed by atoms with van der Waals surface area (Å²) in [6.45, 7) is 3.91. The Morgan fingerprint density at radius 1 is 1.59 bits per heavy atom. The molecule has 5 nitrogen and oxygen atoms in total. The van der Waals surface area contributed by atoms with Crippen molar-refractivity contribution in [3.05, 3.63) is 27.8 Å². The Kier molecular flexibility index (Phi) is 3.53. The lowest BCUT2D eigenvalue weighted by Crippen LogP contribution is -2.11. The highest BCUT2D eigenvalue weighted by molar-refractivity contribution is 7.12. The number of aromatic amines is 1. The van der Waals surface area contributed by atoms with Crippen LogP contribution in [0.2, 0.25) is 0 Å². The van der Waals surface area contributed by atoms with Gasteiger partial charge in [-0.25, -0.2) is 4.98 Å². The van der Waals surface area contributed by atoms with Crippen molar-refractivity contribution in [2.75, 3.05) is 5.32 Å². The van der Waals surface area contributed by atoms with Crippen molar-refractivity contribution in [3.8, 4) is 0 Å². The van der Waals surface area contributed by atoms with E-state index < -0.39 is 0 Å². The highest BCUT2D eigenvalue weighted by Crippen LogP contribution is 2.15. The molecule has 6 heteroatoms. The molecule has 0 radical (unpaired) electrons. The van der Waals surface area contributed by atoms with Gasteiger partial charge in [-0.15, -0.1) is 11.3 Å². The monoisotopic (exact) mass is 250 g/mol. The highest BCUT2D eigenvalue weighted by atomic mass is 32.1. The first kappa shape index (κ1) is 11.8. The zero-order valence-electron chi connectivity index (χ0n) is 9.78. The quantitative estimate of drug-likeness (QED) is 0.875. The third kappa shape index (κ3) is 2.71. The molecule has 0 unspecified atom stereocenters. The van der Waals surface area contributed by atoms with Gasteiger partial charge in [0.25, 0.3) is 5.91 Å². The Balaban J connectivity index is 2.05. The molecule has 0 aliphatic carbocycles. The number of carbonyl (C=O) groups excluding carboxylic acids is 1. The minimum atomic E-state index is -0.153. The summed E-state index contributed by atoms with van der Waals surface area (Å²) >= 11 is 1.33. The maximum absolute atomic E-state index is 11.9. The number of thiazole rings is 1. The maximum Gasteiger partial charge on any atom is 0.268 e. The Morgan fingerprint density at radius 2 is 2.41 bits per heavy atom. The third-order valence-electron chi connectivity index (χ3n) is 2.34. The third-order valence-corrected chi connectivity index (χ3v) is 3.27. The van der Waals surface area contributed by atoms with Crippen molar-refractivity contribution in [2.45, 2.75) is 26.7 Å². The van der Waals surface area contributed by atoms with Crippen LogP contribution in [0.1, 0.15) is 34.4 Å². The van der Waals surface area contributed by atoms with Gasteiger partial charge in [0.2, 0.25) is 0 Å². The summed E-state index contributed by atoms with van der Waals surface area (Å²) in [5.74, 6) is 0.408. The normalized spacial score (nSPS) is 10.5. The largest absolute Gasteiger partial charge is 0.304 e. The molecule has 90 valence electrons. The fraction of sp³-hybridized carbons (Fsp3) is 0.364. The number of H-pyrrole nitrogens is 1. The number of anilines is 1. The number of amides is 1. The average molecular weight is 250 g/mol. The molecule has 2 aromatic rings. The topological polar surface area (TPSA) is 70.7 Å². The standard InChI is InChI=1S/C11H14N4OS/c1-3-4-8-5-9(15-14-8)13-11(16)10-7(2)12-6-17-10/h5-6H,3-4H2,1-2H3,(H2,13,14,15,16). The van der Waals surface area contributed by atoms with E-state index in [1.807, 2.05) is 13.0 Å². The van der Waals surface area contributed by atoms with Gasteiger partial charge in [0.1, 0.15) is 4.88 Å². The van der Waals surface area contributed by atoms with Gasteiger partial charge < -0.3 is 5.32 Å². The fourth-order valence-corrected chi connectivity index (χ4v) is 2.21. The van der Waals surface area contributed by atoms with Gasteiger partial charge in [-0.3, -0.25) is 9.89 Å². The zero-order valence-corrected chi connectivity index (χ0v) is 10.6. The van der Waals surface area contributed by atoms with Crippen molar-refractivity contribution < 1.29 is 4.79 Å². The predicted molar refractivity (Wildman–Crippen MR) is 67.4 cm³/mol. The first-order valence-corrected chi connectivity index (χ1v) is 6.34. The van der Waals surface area contributed by atoms with Crippen molar-refractivity contribution in [2.24, 2.45) is 0 Å². The first-order valence-electron chi connectivity index (χ1n) is 5.46. The van der Waals surface area contributed by atoms with Crippen LogP contribution in [0, 0.1) is 6.92 Å². The van der Waals surface area contributed by atoms with E-state index >= 15 is 0 Å². The van der Waals surface area contributed by atoms with Gasteiger partial charge in [0, 0.05) is 11.8 Å². The van der Waals surface area contributed by atoms with Crippen molar-refractivity contribution in [3.63, 3.8) is 0 Å². The number of hydrogen-bond donors (Lipinski definition) is 2. The number of hydrogen-bond acceptors (Lipinski definition) is 4. The SMILES string of the molecule is CCCc1cc(NC(=O)c2scnc2C)n[nH]1. The number of aromatic nitrogens is 3. The molecule has 0 aromatic carbocycles. The number of aryl methyl sites for hydroxylation is 2. The first-order chi connectivity index (χ1) is 8.20. The summed E-state index contributed by atoms with van der Waals surface area (Å²) < 4.78 is 0. The van der Waals surface area contributed by atoms with Crippen LogP contribution in [0.5, 0.6) is 0 Å². The van der Waals surface area contributed by atoms with Crippen LogP contribution in [-0.2, 0) is 6.42 Å². The Hall–Kier alpha value is -1.69. The predicted octanol–water partition coefficient (Wildman–Crippen LogP) is 2.38. The summed E-state index contributed by atoms with van der Waals surface area (Å²) in [4.78, 5) is 16.5. The van der Waals surface area contributed by atoms with Gasteiger partial charge in [-0.1, -0.05) is 13.3 Å². The summed E-state index contributed by atoms with van der Waals surface area (Å²) in [6.07, 6.45) is 1.98. The summed E-state index contributed by atoms with van der Waals surface area (Å²) in [5, 5.41) is 9.69. The van der Waals surface area contributed by atoms with E-state index in [0.717, 1.165) is 24.2 Å². The van der Waals surface area contributed by atoms with E-state index in [2.05, 4.69) is 27.4 Å². The van der Waals surface area contributed by atoms with Crippen LogP contribution in [0.15, 0.2) is 11.6 Å². The number of nitrogens with one attached hydrogen (secondary N) is 2. The van der Waals surface area contributed by atoms with Gasteiger partial charge in [0.15, 0.2) is 5.82 Å². The van der Waals surface area contributed by atoms with E-state index in [0.29, 0.717) is 10.7 Å². The van der Waals surface area contributed by atoms with E-state index in [1.54, 1.807) is 5.51 Å². The average Bonchev–Trinajstić information content (AvgIpc) is 2.88. The Bertz CT molecular complexity index is 517. The molecular formula is C11H14N4OS.